The molecule has 4 aromatic rings. The number of halogens is 12. The Balaban J connectivity index is 1.37. The van der Waals surface area contributed by atoms with E-state index in [2.05, 4.69) is 12.2 Å². The Kier molecular flexibility index (Phi) is 13.1. The summed E-state index contributed by atoms with van der Waals surface area (Å²) in [4.78, 5) is 29.7. The average molecular weight is 893 g/mol. The molecule has 0 unspecified atom stereocenters. The predicted octanol–water partition coefficient (Wildman–Crippen LogP) is 14.2. The van der Waals surface area contributed by atoms with Crippen molar-refractivity contribution in [1.29, 1.82) is 0 Å². The van der Waals surface area contributed by atoms with E-state index in [4.69, 9.17) is 0 Å². The maximum absolute atomic E-state index is 14.3. The van der Waals surface area contributed by atoms with Gasteiger partial charge in [-0.05, 0) is 78.2 Å². The SMILES string of the molecule is CCCCCCCCCCCCN1C(=O)C2=C(c3ccc(-c4cc(C(F)(F)F)cc(C(F)(F)F)c4)s3)NC(=O)C2=C1c1ccc(-c2cc(C(F)(F)F)cc(C(F)(F)F)c2)s1. The van der Waals surface area contributed by atoms with Crippen molar-refractivity contribution in [3.05, 3.63) is 104 Å². The van der Waals surface area contributed by atoms with Crippen LogP contribution in [-0.4, -0.2) is 23.3 Å². The molecule has 18 heteroatoms. The number of rotatable bonds is 15. The highest BCUT2D eigenvalue weighted by molar-refractivity contribution is 7.17. The smallest absolute Gasteiger partial charge is 0.320 e. The van der Waals surface area contributed by atoms with Gasteiger partial charge in [-0.15, -0.1) is 22.7 Å². The molecule has 0 atom stereocenters. The summed E-state index contributed by atoms with van der Waals surface area (Å²) in [6.07, 6.45) is -10.7. The summed E-state index contributed by atoms with van der Waals surface area (Å²) in [6.45, 7) is 2.22. The first-order valence-corrected chi connectivity index (χ1v) is 20.6. The summed E-state index contributed by atoms with van der Waals surface area (Å²) in [7, 11) is 0. The van der Waals surface area contributed by atoms with E-state index in [0.717, 1.165) is 67.6 Å². The third kappa shape index (κ3) is 9.96. The quantitative estimate of drug-likeness (QED) is 0.0955. The molecule has 322 valence electrons. The molecule has 0 spiro atoms. The zero-order valence-corrected chi connectivity index (χ0v) is 33.3. The summed E-state index contributed by atoms with van der Waals surface area (Å²) in [5.74, 6) is -1.44. The Morgan fingerprint density at radius 1 is 0.500 bits per heavy atom. The Labute approximate surface area is 344 Å². The normalized spacial score (nSPS) is 15.2. The summed E-state index contributed by atoms with van der Waals surface area (Å²) in [6, 6.07) is 7.55. The molecule has 2 aliphatic heterocycles. The minimum absolute atomic E-state index is 0.00288. The van der Waals surface area contributed by atoms with Gasteiger partial charge in [-0.1, -0.05) is 64.7 Å². The van der Waals surface area contributed by atoms with Crippen LogP contribution in [0.4, 0.5) is 52.7 Å². The van der Waals surface area contributed by atoms with Crippen molar-refractivity contribution in [2.45, 2.75) is 95.8 Å². The van der Waals surface area contributed by atoms with Crippen LogP contribution in [0.1, 0.15) is 103 Å². The minimum Gasteiger partial charge on any atom is -0.320 e. The molecule has 2 aromatic carbocycles. The second-order valence-corrected chi connectivity index (χ2v) is 16.7. The van der Waals surface area contributed by atoms with Gasteiger partial charge in [0, 0.05) is 16.3 Å². The standard InChI is InChI=1S/C42H36F12N2O2S2/c1-2-3-4-5-6-7-8-9-10-11-16-56-36(32-15-13-30(60-32)24-19-27(41(49,50)51)22-28(20-24)42(52,53)54)34-33(38(56)58)35(55-37(34)57)31-14-12-29(59-31)23-17-25(39(43,44)45)21-26(18-23)40(46,47)48/h12-15,17-22H,2-11,16H2,1H3,(H,55,57). The van der Waals surface area contributed by atoms with Crippen molar-refractivity contribution in [2.75, 3.05) is 6.54 Å². The third-order valence-electron chi connectivity index (χ3n) is 10.1. The van der Waals surface area contributed by atoms with Crippen LogP contribution in [-0.2, 0) is 34.3 Å². The maximum Gasteiger partial charge on any atom is 0.416 e. The van der Waals surface area contributed by atoms with E-state index in [1.54, 1.807) is 0 Å². The molecule has 0 saturated heterocycles. The Bertz CT molecular complexity index is 2240. The predicted molar refractivity (Wildman–Crippen MR) is 205 cm³/mol. The topological polar surface area (TPSA) is 49.4 Å². The lowest BCUT2D eigenvalue weighted by atomic mass is 10.0. The molecule has 4 nitrogen and oxygen atoms in total. The number of alkyl halides is 12. The van der Waals surface area contributed by atoms with Gasteiger partial charge in [0.15, 0.2) is 0 Å². The number of hydrogen-bond donors (Lipinski definition) is 1. The molecule has 0 fully saturated rings. The van der Waals surface area contributed by atoms with E-state index in [0.29, 0.717) is 37.1 Å². The van der Waals surface area contributed by atoms with E-state index >= 15 is 0 Å². The second kappa shape index (κ2) is 17.4. The average Bonchev–Trinajstić information content (AvgIpc) is 3.96. The van der Waals surface area contributed by atoms with Crippen molar-refractivity contribution in [3.63, 3.8) is 0 Å². The molecular formula is C42H36F12N2O2S2. The van der Waals surface area contributed by atoms with Crippen LogP contribution >= 0.6 is 22.7 Å². The van der Waals surface area contributed by atoms with Gasteiger partial charge in [-0.25, -0.2) is 0 Å². The summed E-state index contributed by atoms with van der Waals surface area (Å²) >= 11 is 1.51. The van der Waals surface area contributed by atoms with Crippen molar-refractivity contribution in [2.24, 2.45) is 0 Å². The van der Waals surface area contributed by atoms with Gasteiger partial charge in [-0.2, -0.15) is 52.7 Å². The fourth-order valence-electron chi connectivity index (χ4n) is 7.14. The zero-order chi connectivity index (χ0) is 43.8. The van der Waals surface area contributed by atoms with Gasteiger partial charge in [0.25, 0.3) is 11.8 Å². The van der Waals surface area contributed by atoms with Crippen molar-refractivity contribution < 1.29 is 62.3 Å². The van der Waals surface area contributed by atoms with Gasteiger partial charge in [0.2, 0.25) is 0 Å². The number of nitrogens with one attached hydrogen (secondary N) is 1. The fourth-order valence-corrected chi connectivity index (χ4v) is 9.20. The van der Waals surface area contributed by atoms with Crippen molar-refractivity contribution in [3.8, 4) is 20.9 Å². The Morgan fingerprint density at radius 2 is 0.883 bits per heavy atom. The molecule has 1 N–H and O–H groups in total. The molecule has 2 aromatic heterocycles. The molecular weight excluding hydrogens is 857 g/mol. The van der Waals surface area contributed by atoms with Gasteiger partial charge >= 0.3 is 24.7 Å². The second-order valence-electron chi connectivity index (χ2n) is 14.5. The molecule has 4 heterocycles. The lowest BCUT2D eigenvalue weighted by molar-refractivity contribution is -0.144. The van der Waals surface area contributed by atoms with Crippen LogP contribution in [0, 0.1) is 0 Å². The molecule has 0 aliphatic carbocycles. The summed E-state index contributed by atoms with van der Waals surface area (Å²) < 4.78 is 164. The molecule has 0 bridgehead atoms. The summed E-state index contributed by atoms with van der Waals surface area (Å²) in [5, 5.41) is 2.59. The highest BCUT2D eigenvalue weighted by atomic mass is 32.1. The van der Waals surface area contributed by atoms with Gasteiger partial charge in [0.1, 0.15) is 0 Å². The molecule has 2 aliphatic rings. The van der Waals surface area contributed by atoms with Gasteiger partial charge in [-0.3, -0.25) is 9.59 Å². The van der Waals surface area contributed by atoms with E-state index in [1.807, 2.05) is 0 Å². The van der Waals surface area contributed by atoms with E-state index < -0.39 is 69.9 Å². The van der Waals surface area contributed by atoms with Crippen molar-refractivity contribution >= 4 is 45.9 Å². The number of thiophene rings is 2. The first-order chi connectivity index (χ1) is 28.1. The van der Waals surface area contributed by atoms with Gasteiger partial charge < -0.3 is 10.2 Å². The highest BCUT2D eigenvalue weighted by Gasteiger charge is 2.46. The third-order valence-corrected chi connectivity index (χ3v) is 12.4. The van der Waals surface area contributed by atoms with Gasteiger partial charge in [0.05, 0.1) is 54.5 Å². The first-order valence-electron chi connectivity index (χ1n) is 19.0. The lowest BCUT2D eigenvalue weighted by Crippen LogP contribution is -2.28. The number of carbonyl (C=O) groups excluding carboxylic acids is 2. The van der Waals surface area contributed by atoms with Crippen LogP contribution in [0.15, 0.2) is 71.8 Å². The number of carbonyl (C=O) groups is 2. The number of hydrogen-bond acceptors (Lipinski definition) is 4. The highest BCUT2D eigenvalue weighted by Crippen LogP contribution is 2.48. The largest absolute Gasteiger partial charge is 0.416 e. The monoisotopic (exact) mass is 892 g/mol. The van der Waals surface area contributed by atoms with Crippen LogP contribution in [0.25, 0.3) is 32.3 Å². The van der Waals surface area contributed by atoms with Crippen LogP contribution in [0.5, 0.6) is 0 Å². The molecule has 60 heavy (non-hydrogen) atoms. The van der Waals surface area contributed by atoms with Crippen molar-refractivity contribution in [1.82, 2.24) is 10.2 Å². The van der Waals surface area contributed by atoms with Crippen LogP contribution < -0.4 is 5.32 Å². The fraction of sp³-hybridized carbons (Fsp3) is 0.381. The number of amides is 2. The first kappa shape index (κ1) is 45.0. The zero-order valence-electron chi connectivity index (χ0n) is 31.7. The van der Waals surface area contributed by atoms with E-state index in [9.17, 15) is 62.3 Å². The number of benzene rings is 2. The number of fused-ring (bicyclic) bond motifs is 1. The molecule has 6 rings (SSSR count). The van der Waals surface area contributed by atoms with E-state index in [-0.39, 0.29) is 60.7 Å². The van der Waals surface area contributed by atoms with E-state index in [1.165, 1.54) is 35.6 Å². The summed E-state index contributed by atoms with van der Waals surface area (Å²) in [5.41, 5.74) is -7.16. The van der Waals surface area contributed by atoms with Crippen LogP contribution in [0.3, 0.4) is 0 Å². The molecule has 0 saturated carbocycles. The number of nitrogens with zero attached hydrogens (tertiary/aromatic N) is 1. The van der Waals surface area contributed by atoms with Crippen LogP contribution in [0.2, 0.25) is 0 Å². The molecule has 0 radical (unpaired) electrons. The molecule has 2 amide bonds. The Morgan fingerprint density at radius 3 is 1.32 bits per heavy atom. The maximum atomic E-state index is 14.3. The minimum atomic E-state index is -5.11. The Hall–Kier alpha value is -4.58. The number of unbranched alkanes of at least 4 members (excludes halogenated alkanes) is 9. The lowest BCUT2D eigenvalue weighted by Gasteiger charge is -2.20.